The standard InChI is InChI=1S/C18H26FN3O3/c1-12(22-18(20-2)21-9-8-17(23)24-3)14-6-7-16(15(19)10-14)25-11-13-4-5-13/h6-7,10,12-13H,4-5,8-9,11H2,1-3H3,(H2,20,21,22). The zero-order valence-corrected chi connectivity index (χ0v) is 15.0. The van der Waals surface area contributed by atoms with Gasteiger partial charge in [0.15, 0.2) is 17.5 Å². The van der Waals surface area contributed by atoms with Gasteiger partial charge >= 0.3 is 5.97 Å². The van der Waals surface area contributed by atoms with E-state index in [-0.39, 0.29) is 24.2 Å². The van der Waals surface area contributed by atoms with E-state index in [0.717, 1.165) is 5.56 Å². The molecular weight excluding hydrogens is 325 g/mol. The van der Waals surface area contributed by atoms with Crippen molar-refractivity contribution in [1.29, 1.82) is 0 Å². The molecule has 0 saturated heterocycles. The van der Waals surface area contributed by atoms with Gasteiger partial charge in [-0.1, -0.05) is 6.07 Å². The van der Waals surface area contributed by atoms with E-state index in [1.807, 2.05) is 13.0 Å². The molecule has 0 radical (unpaired) electrons. The van der Waals surface area contributed by atoms with Gasteiger partial charge in [-0.3, -0.25) is 9.79 Å². The highest BCUT2D eigenvalue weighted by atomic mass is 19.1. The van der Waals surface area contributed by atoms with Gasteiger partial charge in [0.1, 0.15) is 0 Å². The third-order valence-corrected chi connectivity index (χ3v) is 4.05. The van der Waals surface area contributed by atoms with Crippen LogP contribution in [0.25, 0.3) is 0 Å². The minimum absolute atomic E-state index is 0.156. The number of halogens is 1. The highest BCUT2D eigenvalue weighted by molar-refractivity contribution is 5.80. The number of aliphatic imine (C=N–C) groups is 1. The molecule has 0 spiro atoms. The minimum Gasteiger partial charge on any atom is -0.490 e. The lowest BCUT2D eigenvalue weighted by atomic mass is 10.1. The molecule has 138 valence electrons. The Labute approximate surface area is 147 Å². The Bertz CT molecular complexity index is 618. The first kappa shape index (κ1) is 19.0. The first-order valence-corrected chi connectivity index (χ1v) is 8.49. The predicted octanol–water partition coefficient (Wildman–Crippen LogP) is 2.40. The normalized spacial score (nSPS) is 15.4. The van der Waals surface area contributed by atoms with Gasteiger partial charge < -0.3 is 20.1 Å². The number of ether oxygens (including phenoxy) is 2. The summed E-state index contributed by atoms with van der Waals surface area (Å²) in [4.78, 5) is 15.2. The lowest BCUT2D eigenvalue weighted by Gasteiger charge is -2.19. The molecule has 1 aromatic carbocycles. The summed E-state index contributed by atoms with van der Waals surface area (Å²) < 4.78 is 24.3. The van der Waals surface area contributed by atoms with E-state index >= 15 is 0 Å². The fraction of sp³-hybridized carbons (Fsp3) is 0.556. The number of nitrogens with zero attached hydrogens (tertiary/aromatic N) is 1. The molecule has 0 amide bonds. The van der Waals surface area contributed by atoms with E-state index in [4.69, 9.17) is 4.74 Å². The third kappa shape index (κ3) is 6.25. The van der Waals surface area contributed by atoms with Crippen LogP contribution in [0, 0.1) is 11.7 Å². The quantitative estimate of drug-likeness (QED) is 0.427. The number of rotatable bonds is 8. The molecule has 2 rings (SSSR count). The van der Waals surface area contributed by atoms with Gasteiger partial charge in [-0.05, 0) is 43.4 Å². The first-order chi connectivity index (χ1) is 12.0. The van der Waals surface area contributed by atoms with Crippen LogP contribution in [0.2, 0.25) is 0 Å². The van der Waals surface area contributed by atoms with Crippen molar-refractivity contribution in [1.82, 2.24) is 10.6 Å². The molecule has 1 aliphatic rings. The number of esters is 1. The largest absolute Gasteiger partial charge is 0.490 e. The molecule has 1 fully saturated rings. The molecule has 1 unspecified atom stereocenters. The van der Waals surface area contributed by atoms with Gasteiger partial charge in [0.25, 0.3) is 0 Å². The fourth-order valence-corrected chi connectivity index (χ4v) is 2.26. The summed E-state index contributed by atoms with van der Waals surface area (Å²) >= 11 is 0. The van der Waals surface area contributed by atoms with Crippen molar-refractivity contribution in [2.24, 2.45) is 10.9 Å². The molecule has 6 nitrogen and oxygen atoms in total. The van der Waals surface area contributed by atoms with Crippen LogP contribution < -0.4 is 15.4 Å². The molecule has 0 bridgehead atoms. The van der Waals surface area contributed by atoms with Gasteiger partial charge in [-0.15, -0.1) is 0 Å². The second-order valence-electron chi connectivity index (χ2n) is 6.14. The monoisotopic (exact) mass is 351 g/mol. The van der Waals surface area contributed by atoms with Gasteiger partial charge in [-0.2, -0.15) is 0 Å². The van der Waals surface area contributed by atoms with Gasteiger partial charge in [0, 0.05) is 13.6 Å². The van der Waals surface area contributed by atoms with E-state index in [1.54, 1.807) is 13.1 Å². The molecule has 1 aliphatic carbocycles. The van der Waals surface area contributed by atoms with E-state index < -0.39 is 0 Å². The molecule has 0 aromatic heterocycles. The molecule has 1 aromatic rings. The van der Waals surface area contributed by atoms with E-state index in [9.17, 15) is 9.18 Å². The number of methoxy groups -OCH3 is 1. The van der Waals surface area contributed by atoms with Crippen LogP contribution in [-0.4, -0.2) is 39.2 Å². The van der Waals surface area contributed by atoms with Crippen molar-refractivity contribution >= 4 is 11.9 Å². The van der Waals surface area contributed by atoms with Crippen molar-refractivity contribution in [3.8, 4) is 5.75 Å². The topological polar surface area (TPSA) is 72.0 Å². The lowest BCUT2D eigenvalue weighted by molar-refractivity contribution is -0.140. The zero-order chi connectivity index (χ0) is 18.2. The van der Waals surface area contributed by atoms with Gasteiger partial charge in [0.05, 0.1) is 26.2 Å². The Morgan fingerprint density at radius 2 is 2.20 bits per heavy atom. The lowest BCUT2D eigenvalue weighted by Crippen LogP contribution is -2.39. The number of guanidine groups is 1. The Morgan fingerprint density at radius 1 is 1.44 bits per heavy atom. The Hall–Kier alpha value is -2.31. The van der Waals surface area contributed by atoms with E-state index in [2.05, 4.69) is 20.4 Å². The number of hydrogen-bond acceptors (Lipinski definition) is 4. The number of carbonyl (C=O) groups excluding carboxylic acids is 1. The predicted molar refractivity (Wildman–Crippen MR) is 94.2 cm³/mol. The van der Waals surface area contributed by atoms with Crippen LogP contribution in [0.4, 0.5) is 4.39 Å². The van der Waals surface area contributed by atoms with Crippen LogP contribution in [0.1, 0.15) is 37.8 Å². The molecule has 1 atom stereocenters. The molecule has 0 aliphatic heterocycles. The van der Waals surface area contributed by atoms with Crippen LogP contribution in [0.3, 0.4) is 0 Å². The number of benzene rings is 1. The average Bonchev–Trinajstić information content (AvgIpc) is 3.43. The third-order valence-electron chi connectivity index (χ3n) is 4.05. The molecule has 1 saturated carbocycles. The summed E-state index contributed by atoms with van der Waals surface area (Å²) in [6.45, 7) is 2.90. The van der Waals surface area contributed by atoms with Crippen LogP contribution in [0.5, 0.6) is 5.75 Å². The summed E-state index contributed by atoms with van der Waals surface area (Å²) in [5.74, 6) is 0.758. The molecule has 7 heteroatoms. The maximum absolute atomic E-state index is 14.2. The SMILES string of the molecule is CN=C(NCCC(=O)OC)NC(C)c1ccc(OCC2CC2)c(F)c1. The maximum Gasteiger partial charge on any atom is 0.307 e. The first-order valence-electron chi connectivity index (χ1n) is 8.49. The van der Waals surface area contributed by atoms with Gasteiger partial charge in [-0.25, -0.2) is 4.39 Å². The van der Waals surface area contributed by atoms with Crippen molar-refractivity contribution in [2.45, 2.75) is 32.2 Å². The summed E-state index contributed by atoms with van der Waals surface area (Å²) in [7, 11) is 2.99. The van der Waals surface area contributed by atoms with E-state index in [0.29, 0.717) is 30.8 Å². The number of carbonyl (C=O) groups is 1. The van der Waals surface area contributed by atoms with Crippen LogP contribution >= 0.6 is 0 Å². The second-order valence-corrected chi connectivity index (χ2v) is 6.14. The average molecular weight is 351 g/mol. The molecular formula is C18H26FN3O3. The Kier molecular flexibility index (Phi) is 7.03. The van der Waals surface area contributed by atoms with Crippen molar-refractivity contribution in [2.75, 3.05) is 27.3 Å². The highest BCUT2D eigenvalue weighted by Gasteiger charge is 2.22. The van der Waals surface area contributed by atoms with Crippen LogP contribution in [-0.2, 0) is 9.53 Å². The van der Waals surface area contributed by atoms with E-state index in [1.165, 1.54) is 26.0 Å². The molecule has 25 heavy (non-hydrogen) atoms. The van der Waals surface area contributed by atoms with Crippen molar-refractivity contribution < 1.29 is 18.7 Å². The Morgan fingerprint density at radius 3 is 2.80 bits per heavy atom. The number of nitrogens with one attached hydrogen (secondary N) is 2. The summed E-state index contributed by atoms with van der Waals surface area (Å²) in [6, 6.07) is 4.82. The maximum atomic E-state index is 14.2. The Balaban J connectivity index is 1.86. The fourth-order valence-electron chi connectivity index (χ4n) is 2.26. The summed E-state index contributed by atoms with van der Waals surface area (Å²) in [5, 5.41) is 6.18. The minimum atomic E-state index is -0.361. The second kappa shape index (κ2) is 9.25. The number of hydrogen-bond donors (Lipinski definition) is 2. The van der Waals surface area contributed by atoms with Gasteiger partial charge in [0.2, 0.25) is 0 Å². The molecule has 2 N–H and O–H groups in total. The summed E-state index contributed by atoms with van der Waals surface area (Å²) in [6.07, 6.45) is 2.58. The summed E-state index contributed by atoms with van der Waals surface area (Å²) in [5.41, 5.74) is 0.784. The van der Waals surface area contributed by atoms with Crippen LogP contribution in [0.15, 0.2) is 23.2 Å². The zero-order valence-electron chi connectivity index (χ0n) is 15.0. The molecule has 0 heterocycles. The smallest absolute Gasteiger partial charge is 0.307 e. The van der Waals surface area contributed by atoms with Crippen molar-refractivity contribution in [3.63, 3.8) is 0 Å². The van der Waals surface area contributed by atoms with Crippen molar-refractivity contribution in [3.05, 3.63) is 29.6 Å². The highest BCUT2D eigenvalue weighted by Crippen LogP contribution is 2.30.